The lowest BCUT2D eigenvalue weighted by atomic mass is 9.77. The van der Waals surface area contributed by atoms with Crippen LogP contribution in [0.2, 0.25) is 5.82 Å². The van der Waals surface area contributed by atoms with Gasteiger partial charge < -0.3 is 18.9 Å². The summed E-state index contributed by atoms with van der Waals surface area (Å²) in [6.07, 6.45) is 0.950. The third-order valence-corrected chi connectivity index (χ3v) is 5.68. The molecule has 0 aromatic heterocycles. The minimum absolute atomic E-state index is 0.0967. The third kappa shape index (κ3) is 3.25. The summed E-state index contributed by atoms with van der Waals surface area (Å²) < 4.78 is 17.7. The monoisotopic (exact) mass is 323 g/mol. The highest BCUT2D eigenvalue weighted by Gasteiger charge is 2.62. The number of nitrogens with zero attached hydrogens (tertiary/aromatic N) is 1. The van der Waals surface area contributed by atoms with Crippen molar-refractivity contribution in [2.24, 2.45) is 11.8 Å². The Morgan fingerprint density at radius 3 is 2.13 bits per heavy atom. The van der Waals surface area contributed by atoms with Crippen LogP contribution in [0.5, 0.6) is 0 Å². The highest BCUT2D eigenvalue weighted by molar-refractivity contribution is 6.48. The fraction of sp³-hybridized carbons (Fsp3) is 0.941. The second kappa shape index (κ2) is 5.12. The Kier molecular flexibility index (Phi) is 3.81. The Morgan fingerprint density at radius 2 is 1.65 bits per heavy atom. The molecule has 0 N–H and O–H groups in total. The highest BCUT2D eigenvalue weighted by Crippen LogP contribution is 2.57. The van der Waals surface area contributed by atoms with E-state index in [2.05, 4.69) is 27.7 Å². The number of hydrogen-bond acceptors (Lipinski definition) is 4. The van der Waals surface area contributed by atoms with Crippen molar-refractivity contribution in [1.82, 2.24) is 4.90 Å². The molecule has 1 amide bonds. The van der Waals surface area contributed by atoms with Gasteiger partial charge in [0.2, 0.25) is 0 Å². The average molecular weight is 323 g/mol. The minimum atomic E-state index is -0.424. The summed E-state index contributed by atoms with van der Waals surface area (Å²) in [4.78, 5) is 13.8. The zero-order valence-corrected chi connectivity index (χ0v) is 15.5. The summed E-state index contributed by atoms with van der Waals surface area (Å²) in [5.74, 6) is 1.65. The first-order chi connectivity index (χ1) is 10.4. The van der Waals surface area contributed by atoms with Gasteiger partial charge in [-0.3, -0.25) is 0 Å². The van der Waals surface area contributed by atoms with Crippen LogP contribution in [0.25, 0.3) is 0 Å². The van der Waals surface area contributed by atoms with E-state index in [-0.39, 0.29) is 24.4 Å². The molecule has 130 valence electrons. The molecule has 1 aliphatic carbocycles. The van der Waals surface area contributed by atoms with Gasteiger partial charge in [0.1, 0.15) is 5.60 Å². The summed E-state index contributed by atoms with van der Waals surface area (Å²) in [5, 5.41) is 0. The molecule has 2 aliphatic heterocycles. The molecule has 3 aliphatic rings. The first kappa shape index (κ1) is 17.1. The van der Waals surface area contributed by atoms with Crippen molar-refractivity contribution in [3.8, 4) is 0 Å². The lowest BCUT2D eigenvalue weighted by molar-refractivity contribution is -0.00427. The first-order valence-electron chi connectivity index (χ1n) is 8.73. The van der Waals surface area contributed by atoms with Crippen LogP contribution in [0.15, 0.2) is 0 Å². The van der Waals surface area contributed by atoms with E-state index in [1.54, 1.807) is 4.90 Å². The molecule has 0 radical (unpaired) electrons. The molecule has 0 unspecified atom stereocenters. The largest absolute Gasteiger partial charge is 0.461 e. The lowest BCUT2D eigenvalue weighted by Gasteiger charge is -2.40. The molecular formula is C17H30BNO4. The molecule has 2 heterocycles. The van der Waals surface area contributed by atoms with E-state index in [1.165, 1.54) is 0 Å². The maximum atomic E-state index is 12.0. The van der Waals surface area contributed by atoms with Gasteiger partial charge in [0.15, 0.2) is 0 Å². The molecule has 0 bridgehead atoms. The minimum Gasteiger partial charge on any atom is -0.444 e. The summed E-state index contributed by atoms with van der Waals surface area (Å²) in [6.45, 7) is 15.7. The molecular weight excluding hydrogens is 293 g/mol. The molecule has 0 aromatic carbocycles. The summed E-state index contributed by atoms with van der Waals surface area (Å²) in [7, 11) is -0.0967. The van der Waals surface area contributed by atoms with Crippen molar-refractivity contribution in [3.05, 3.63) is 0 Å². The van der Waals surface area contributed by atoms with E-state index in [4.69, 9.17) is 14.0 Å². The summed E-state index contributed by atoms with van der Waals surface area (Å²) in [5.41, 5.74) is -0.938. The van der Waals surface area contributed by atoms with Crippen LogP contribution in [0, 0.1) is 11.8 Å². The Hall–Kier alpha value is -0.745. The standard InChI is InChI=1S/C17H30BNO4/c1-15(2,3)21-14(20)19-9-11(10-19)12-8-13(12)18-22-16(4,5)17(6,7)23-18/h11-13H,8-10H2,1-7H3/t12-,13+/m0/s1. The van der Waals surface area contributed by atoms with Crippen LogP contribution in [-0.4, -0.2) is 48.0 Å². The maximum absolute atomic E-state index is 12.0. The van der Waals surface area contributed by atoms with Crippen molar-refractivity contribution in [2.75, 3.05) is 13.1 Å². The highest BCUT2D eigenvalue weighted by atomic mass is 16.7. The normalized spacial score (nSPS) is 32.7. The zero-order valence-electron chi connectivity index (χ0n) is 15.5. The second-order valence-electron chi connectivity index (χ2n) is 9.33. The topological polar surface area (TPSA) is 48.0 Å². The molecule has 2 saturated heterocycles. The van der Waals surface area contributed by atoms with Gasteiger partial charge in [-0.2, -0.15) is 0 Å². The maximum Gasteiger partial charge on any atom is 0.461 e. The van der Waals surface area contributed by atoms with E-state index in [0.29, 0.717) is 17.7 Å². The van der Waals surface area contributed by atoms with Gasteiger partial charge in [0, 0.05) is 13.1 Å². The number of ether oxygens (including phenoxy) is 1. The van der Waals surface area contributed by atoms with Crippen LogP contribution < -0.4 is 0 Å². The Labute approximate surface area is 140 Å². The van der Waals surface area contributed by atoms with Gasteiger partial charge >= 0.3 is 13.2 Å². The number of likely N-dealkylation sites (tertiary alicyclic amines) is 1. The van der Waals surface area contributed by atoms with E-state index >= 15 is 0 Å². The van der Waals surface area contributed by atoms with E-state index < -0.39 is 5.60 Å². The predicted molar refractivity (Wildman–Crippen MR) is 89.2 cm³/mol. The number of carbonyl (C=O) groups is 1. The van der Waals surface area contributed by atoms with Crippen LogP contribution in [0.3, 0.4) is 0 Å². The van der Waals surface area contributed by atoms with Crippen molar-refractivity contribution in [1.29, 1.82) is 0 Å². The van der Waals surface area contributed by atoms with Crippen LogP contribution in [-0.2, 0) is 14.0 Å². The SMILES string of the molecule is CC(C)(C)OC(=O)N1CC([C@@H]2C[C@H]2B2OC(C)(C)C(C)(C)O2)C1. The summed E-state index contributed by atoms with van der Waals surface area (Å²) in [6, 6.07) is 0. The summed E-state index contributed by atoms with van der Waals surface area (Å²) >= 11 is 0. The van der Waals surface area contributed by atoms with Gasteiger partial charge in [-0.15, -0.1) is 0 Å². The fourth-order valence-electron chi connectivity index (χ4n) is 3.41. The molecule has 0 spiro atoms. The number of hydrogen-bond donors (Lipinski definition) is 0. The predicted octanol–water partition coefficient (Wildman–Crippen LogP) is 3.34. The number of amides is 1. The molecule has 23 heavy (non-hydrogen) atoms. The Bertz CT molecular complexity index is 477. The van der Waals surface area contributed by atoms with Gasteiger partial charge in [-0.1, -0.05) is 0 Å². The fourth-order valence-corrected chi connectivity index (χ4v) is 3.41. The molecule has 3 rings (SSSR count). The quantitative estimate of drug-likeness (QED) is 0.731. The van der Waals surface area contributed by atoms with E-state index in [9.17, 15) is 4.79 Å². The molecule has 6 heteroatoms. The van der Waals surface area contributed by atoms with E-state index in [0.717, 1.165) is 19.5 Å². The molecule has 3 fully saturated rings. The Balaban J connectivity index is 1.46. The van der Waals surface area contributed by atoms with Crippen molar-refractivity contribution >= 4 is 13.2 Å². The zero-order chi connectivity index (χ0) is 17.2. The lowest BCUT2D eigenvalue weighted by Crippen LogP contribution is -2.52. The van der Waals surface area contributed by atoms with Gasteiger partial charge in [0.05, 0.1) is 11.2 Å². The average Bonchev–Trinajstić information content (AvgIpc) is 2.97. The van der Waals surface area contributed by atoms with Crippen LogP contribution >= 0.6 is 0 Å². The van der Waals surface area contributed by atoms with Gasteiger partial charge in [0.25, 0.3) is 0 Å². The molecule has 5 nitrogen and oxygen atoms in total. The van der Waals surface area contributed by atoms with E-state index in [1.807, 2.05) is 20.8 Å². The van der Waals surface area contributed by atoms with Crippen molar-refractivity contribution < 1.29 is 18.8 Å². The van der Waals surface area contributed by atoms with Crippen LogP contribution in [0.4, 0.5) is 4.79 Å². The van der Waals surface area contributed by atoms with Gasteiger partial charge in [-0.25, -0.2) is 4.79 Å². The molecule has 0 aromatic rings. The second-order valence-corrected chi connectivity index (χ2v) is 9.33. The van der Waals surface area contributed by atoms with Crippen LogP contribution in [0.1, 0.15) is 54.9 Å². The van der Waals surface area contributed by atoms with Gasteiger partial charge in [-0.05, 0) is 72.5 Å². The molecule has 1 saturated carbocycles. The number of rotatable bonds is 2. The molecule has 2 atom stereocenters. The first-order valence-corrected chi connectivity index (χ1v) is 8.73. The van der Waals surface area contributed by atoms with Crippen molar-refractivity contribution in [2.45, 2.75) is 77.5 Å². The van der Waals surface area contributed by atoms with Crippen molar-refractivity contribution in [3.63, 3.8) is 0 Å². The number of carbonyl (C=O) groups excluding carboxylic acids is 1. The third-order valence-electron chi connectivity index (χ3n) is 5.68. The Morgan fingerprint density at radius 1 is 1.13 bits per heavy atom. The smallest absolute Gasteiger partial charge is 0.444 e.